The molecule has 3 rings (SSSR count). The Kier molecular flexibility index (Phi) is 5.38. The van der Waals surface area contributed by atoms with Crippen LogP contribution in [0.25, 0.3) is 11.1 Å². The molecule has 1 atom stereocenters. The molecule has 1 amide bonds. The molecule has 1 aliphatic heterocycles. The minimum absolute atomic E-state index is 0.000169. The third-order valence-corrected chi connectivity index (χ3v) is 6.53. The van der Waals surface area contributed by atoms with E-state index < -0.39 is 25.6 Å². The van der Waals surface area contributed by atoms with Gasteiger partial charge in [-0.1, -0.05) is 46.0 Å². The second kappa shape index (κ2) is 7.29. The quantitative estimate of drug-likeness (QED) is 0.802. The van der Waals surface area contributed by atoms with Gasteiger partial charge in [-0.3, -0.25) is 4.79 Å². The first-order valence-electron chi connectivity index (χ1n) is 8.92. The van der Waals surface area contributed by atoms with E-state index in [1.807, 2.05) is 38.1 Å². The van der Waals surface area contributed by atoms with Gasteiger partial charge in [0.1, 0.15) is 0 Å². The highest BCUT2D eigenvalue weighted by Gasteiger charge is 2.46. The Morgan fingerprint density at radius 2 is 1.74 bits per heavy atom. The zero-order valence-corrected chi connectivity index (χ0v) is 17.2. The van der Waals surface area contributed by atoms with E-state index in [4.69, 9.17) is 0 Å². The number of carbonyl (C=O) groups excluding carboxylic acids is 1. The van der Waals surface area contributed by atoms with Crippen molar-refractivity contribution in [2.45, 2.75) is 19.9 Å². The van der Waals surface area contributed by atoms with Crippen molar-refractivity contribution < 1.29 is 13.6 Å². The number of anilines is 1. The van der Waals surface area contributed by atoms with Crippen LogP contribution in [-0.2, 0) is 4.79 Å². The zero-order valence-electron chi connectivity index (χ0n) is 16.3. The smallest absolute Gasteiger partial charge is 0.244 e. The van der Waals surface area contributed by atoms with Crippen LogP contribution in [0, 0.1) is 17.0 Å². The van der Waals surface area contributed by atoms with Crippen molar-refractivity contribution in [1.29, 1.82) is 0 Å². The maximum absolute atomic E-state index is 15.0. The van der Waals surface area contributed by atoms with Crippen LogP contribution in [0.4, 0.5) is 14.5 Å². The predicted octanol–water partition coefficient (Wildman–Crippen LogP) is 3.96. The molecule has 6 heteroatoms. The molecule has 2 aromatic carbocycles. The van der Waals surface area contributed by atoms with Gasteiger partial charge in [-0.05, 0) is 43.4 Å². The van der Waals surface area contributed by atoms with Crippen LogP contribution < -0.4 is 15.5 Å². The first kappa shape index (κ1) is 19.9. The van der Waals surface area contributed by atoms with Crippen LogP contribution in [-0.4, -0.2) is 38.9 Å². The van der Waals surface area contributed by atoms with E-state index >= 15 is 8.78 Å². The molecule has 0 aromatic heterocycles. The molecule has 0 aliphatic carbocycles. The van der Waals surface area contributed by atoms with E-state index in [1.165, 1.54) is 11.0 Å². The number of nitrogens with one attached hydrogen (secondary N) is 1. The Morgan fingerprint density at radius 1 is 1.07 bits per heavy atom. The van der Waals surface area contributed by atoms with Crippen molar-refractivity contribution in [3.63, 3.8) is 0 Å². The summed E-state index contributed by atoms with van der Waals surface area (Å²) in [4.78, 5) is 14.0. The number of carbonyl (C=O) groups is 1. The molecule has 3 nitrogen and oxygen atoms in total. The van der Waals surface area contributed by atoms with Gasteiger partial charge in [0, 0.05) is 17.5 Å². The summed E-state index contributed by atoms with van der Waals surface area (Å²) in [5.41, 5.74) is 0.567. The summed E-state index contributed by atoms with van der Waals surface area (Å²) < 4.78 is 30.0. The van der Waals surface area contributed by atoms with Crippen molar-refractivity contribution >= 4 is 24.8 Å². The van der Waals surface area contributed by atoms with Crippen LogP contribution in [0.1, 0.15) is 13.8 Å². The number of halogens is 2. The fourth-order valence-corrected chi connectivity index (χ4v) is 4.89. The van der Waals surface area contributed by atoms with Gasteiger partial charge in [0.2, 0.25) is 5.91 Å². The second-order valence-electron chi connectivity index (χ2n) is 7.81. The van der Waals surface area contributed by atoms with Crippen molar-refractivity contribution in [3.8, 4) is 11.1 Å². The first-order chi connectivity index (χ1) is 12.7. The van der Waals surface area contributed by atoms with Crippen molar-refractivity contribution in [3.05, 3.63) is 48.0 Å². The first-order valence-corrected chi connectivity index (χ1v) is 11.2. The topological polar surface area (TPSA) is 32.3 Å². The highest BCUT2D eigenvalue weighted by molar-refractivity contribution is 7.64. The lowest BCUT2D eigenvalue weighted by Gasteiger charge is -2.23. The molecule has 144 valence electrons. The van der Waals surface area contributed by atoms with Crippen LogP contribution in [0.3, 0.4) is 0 Å². The van der Waals surface area contributed by atoms with E-state index in [0.29, 0.717) is 12.1 Å². The van der Waals surface area contributed by atoms with Crippen LogP contribution in [0.15, 0.2) is 36.4 Å². The van der Waals surface area contributed by atoms with Gasteiger partial charge < -0.3 is 10.2 Å². The van der Waals surface area contributed by atoms with Gasteiger partial charge in [-0.25, -0.2) is 8.78 Å². The summed E-state index contributed by atoms with van der Waals surface area (Å²) in [6, 6.07) is 10.2. The van der Waals surface area contributed by atoms with Gasteiger partial charge in [0.15, 0.2) is 11.6 Å². The number of benzene rings is 2. The molecular weight excluding hydrogens is 365 g/mol. The molecule has 1 heterocycles. The van der Waals surface area contributed by atoms with E-state index in [0.717, 1.165) is 5.30 Å². The summed E-state index contributed by atoms with van der Waals surface area (Å²) in [5.74, 6) is -2.12. The maximum Gasteiger partial charge on any atom is 0.244 e. The Balaban J connectivity index is 2.07. The largest absolute Gasteiger partial charge is 0.308 e. The van der Waals surface area contributed by atoms with E-state index in [1.54, 1.807) is 13.1 Å². The Morgan fingerprint density at radius 3 is 2.33 bits per heavy atom. The van der Waals surface area contributed by atoms with Gasteiger partial charge in [-0.2, -0.15) is 0 Å². The fraction of sp³-hybridized carbons (Fsp3) is 0.381. The average Bonchev–Trinajstić information content (AvgIpc) is 2.85. The maximum atomic E-state index is 15.0. The van der Waals surface area contributed by atoms with E-state index in [-0.39, 0.29) is 22.6 Å². The molecule has 0 radical (unpaired) electrons. The molecular formula is C21H25F2N2OP. The highest BCUT2D eigenvalue weighted by Crippen LogP contribution is 2.38. The summed E-state index contributed by atoms with van der Waals surface area (Å²) in [6.07, 6.45) is 0. The number of rotatable bonds is 4. The molecule has 0 bridgehead atoms. The predicted molar refractivity (Wildman–Crippen MR) is 109 cm³/mol. The van der Waals surface area contributed by atoms with Crippen LogP contribution in [0.5, 0.6) is 0 Å². The molecule has 0 saturated carbocycles. The number of likely N-dealkylation sites (N-methyl/N-ethyl adjacent to an activating group) is 1. The summed E-state index contributed by atoms with van der Waals surface area (Å²) in [5, 5.41) is 4.01. The molecule has 2 aromatic rings. The third-order valence-electron chi connectivity index (χ3n) is 5.18. The van der Waals surface area contributed by atoms with Crippen LogP contribution in [0.2, 0.25) is 0 Å². The van der Waals surface area contributed by atoms with Crippen molar-refractivity contribution in [2.24, 2.45) is 5.41 Å². The monoisotopic (exact) mass is 390 g/mol. The number of hydrogen-bond donors (Lipinski definition) is 1. The lowest BCUT2D eigenvalue weighted by atomic mass is 9.88. The fourth-order valence-electron chi connectivity index (χ4n) is 3.83. The zero-order chi connectivity index (χ0) is 19.9. The Hall–Kier alpha value is -1.84. The minimum atomic E-state index is -0.972. The van der Waals surface area contributed by atoms with Gasteiger partial charge >= 0.3 is 0 Å². The standard InChI is InChI=1S/C21H25F2N2OP/c1-21(2)12-25(20(26)19(21)24-3)15-11-10-14(17(22)18(15)23)13-8-6-7-9-16(13)27(4)5/h6-11,19,24H,12H2,1-5H3. The molecule has 1 N–H and O–H groups in total. The van der Waals surface area contributed by atoms with Gasteiger partial charge in [-0.15, -0.1) is 0 Å². The number of nitrogens with zero attached hydrogens (tertiary/aromatic N) is 1. The number of amides is 1. The lowest BCUT2D eigenvalue weighted by molar-refractivity contribution is -0.119. The summed E-state index contributed by atoms with van der Waals surface area (Å²) in [7, 11) is 1.24. The minimum Gasteiger partial charge on any atom is -0.308 e. The molecule has 27 heavy (non-hydrogen) atoms. The van der Waals surface area contributed by atoms with E-state index in [9.17, 15) is 4.79 Å². The third kappa shape index (κ3) is 3.39. The molecule has 1 unspecified atom stereocenters. The van der Waals surface area contributed by atoms with Gasteiger partial charge in [0.25, 0.3) is 0 Å². The van der Waals surface area contributed by atoms with Gasteiger partial charge in [0.05, 0.1) is 11.7 Å². The SMILES string of the molecule is CNC1C(=O)N(c2ccc(-c3ccccc3P(C)C)c(F)c2F)CC1(C)C. The lowest BCUT2D eigenvalue weighted by Crippen LogP contribution is -2.42. The molecule has 0 spiro atoms. The summed E-state index contributed by atoms with van der Waals surface area (Å²) in [6.45, 7) is 8.38. The van der Waals surface area contributed by atoms with Crippen molar-refractivity contribution in [1.82, 2.24) is 5.32 Å². The Labute approximate surface area is 160 Å². The molecule has 1 fully saturated rings. The van der Waals surface area contributed by atoms with E-state index in [2.05, 4.69) is 18.6 Å². The molecule has 1 saturated heterocycles. The van der Waals surface area contributed by atoms with Crippen LogP contribution >= 0.6 is 7.92 Å². The highest BCUT2D eigenvalue weighted by atomic mass is 31.1. The second-order valence-corrected chi connectivity index (χ2v) is 10.1. The van der Waals surface area contributed by atoms with Crippen molar-refractivity contribution in [2.75, 3.05) is 31.8 Å². The Bertz CT molecular complexity index is 882. The molecule has 1 aliphatic rings. The summed E-state index contributed by atoms with van der Waals surface area (Å²) >= 11 is 0. The number of hydrogen-bond acceptors (Lipinski definition) is 2. The average molecular weight is 390 g/mol. The normalized spacial score (nSPS) is 19.2.